The monoisotopic (exact) mass is 532 g/mol. The molecule has 3 rings (SSSR count). The Hall–Kier alpha value is -2.92. The molecule has 4 unspecified atom stereocenters. The molecule has 4 atom stereocenters. The molecule has 0 saturated carbocycles. The third-order valence-corrected chi connectivity index (χ3v) is 6.63. The number of methoxy groups -OCH3 is 1. The number of rotatable bonds is 13. The molecule has 38 heavy (non-hydrogen) atoms. The maximum absolute atomic E-state index is 13.3. The molecule has 4 N–H and O–H groups in total. The molecule has 1 aromatic rings. The molecule has 0 bridgehead atoms. The summed E-state index contributed by atoms with van der Waals surface area (Å²) in [6, 6.07) is 2.53. The highest BCUT2D eigenvalue weighted by Crippen LogP contribution is 2.51. The number of aliphatic hydroxyl groups is 3. The molecule has 1 aliphatic carbocycles. The standard InChI is InChI=1S/C28H40N2O8/c1-5-6-8-23(33)30(10-7-12-37-17(2)3)21-15-20(28(35)29-9-11-31)24-19-13-18(16-32)14-22(36-4)26(19)38-27(24)25(21)34/h6,8,13-15,17,21,24-25,27,31-32,34H,5,7,9-12,16H2,1-4H3,(H,29,35). The molecule has 10 heteroatoms. The number of hydrogen-bond acceptors (Lipinski definition) is 8. The van der Waals surface area contributed by atoms with Gasteiger partial charge in [0.25, 0.3) is 0 Å². The number of ether oxygens (including phenoxy) is 3. The summed E-state index contributed by atoms with van der Waals surface area (Å²) < 4.78 is 17.4. The number of hydrogen-bond donors (Lipinski definition) is 4. The third kappa shape index (κ3) is 6.55. The van der Waals surface area contributed by atoms with Crippen LogP contribution in [0.15, 0.2) is 35.9 Å². The van der Waals surface area contributed by atoms with Gasteiger partial charge in [-0.15, -0.1) is 0 Å². The molecule has 1 aliphatic heterocycles. The molecule has 10 nitrogen and oxygen atoms in total. The Morgan fingerprint density at radius 3 is 2.66 bits per heavy atom. The molecule has 0 fully saturated rings. The second kappa shape index (κ2) is 13.7. The first kappa shape index (κ1) is 29.6. The van der Waals surface area contributed by atoms with E-state index >= 15 is 0 Å². The van der Waals surface area contributed by atoms with Gasteiger partial charge in [-0.3, -0.25) is 9.59 Å². The summed E-state index contributed by atoms with van der Waals surface area (Å²) in [6.07, 6.45) is 4.06. The lowest BCUT2D eigenvalue weighted by Gasteiger charge is -2.40. The SMILES string of the molecule is CCC=CC(=O)N(CCCOC(C)C)C1C=C(C(=O)NCCO)C2c3cc(CO)cc(OC)c3OC2C1O. The van der Waals surface area contributed by atoms with Gasteiger partial charge in [-0.1, -0.05) is 13.0 Å². The van der Waals surface area contributed by atoms with Crippen LogP contribution in [-0.2, 0) is 20.9 Å². The fourth-order valence-corrected chi connectivity index (χ4v) is 4.89. The number of carbonyl (C=O) groups is 2. The van der Waals surface area contributed by atoms with Crippen LogP contribution < -0.4 is 14.8 Å². The van der Waals surface area contributed by atoms with Crippen molar-refractivity contribution in [2.45, 2.75) is 70.5 Å². The van der Waals surface area contributed by atoms with Crippen LogP contribution in [0, 0.1) is 0 Å². The van der Waals surface area contributed by atoms with Gasteiger partial charge in [0.2, 0.25) is 11.8 Å². The van der Waals surface area contributed by atoms with E-state index in [1.54, 1.807) is 29.2 Å². The van der Waals surface area contributed by atoms with Crippen LogP contribution in [0.25, 0.3) is 0 Å². The molecule has 0 spiro atoms. The van der Waals surface area contributed by atoms with Gasteiger partial charge in [-0.2, -0.15) is 0 Å². The Labute approximate surface area is 223 Å². The largest absolute Gasteiger partial charge is 0.493 e. The van der Waals surface area contributed by atoms with Gasteiger partial charge in [0, 0.05) is 30.8 Å². The van der Waals surface area contributed by atoms with Crippen LogP contribution in [0.1, 0.15) is 50.7 Å². The van der Waals surface area contributed by atoms with E-state index in [9.17, 15) is 24.9 Å². The predicted molar refractivity (Wildman–Crippen MR) is 141 cm³/mol. The maximum atomic E-state index is 13.3. The van der Waals surface area contributed by atoms with E-state index in [4.69, 9.17) is 14.2 Å². The fourth-order valence-electron chi connectivity index (χ4n) is 4.89. The summed E-state index contributed by atoms with van der Waals surface area (Å²) in [5, 5.41) is 33.3. The van der Waals surface area contributed by atoms with E-state index in [0.717, 1.165) is 0 Å². The quantitative estimate of drug-likeness (QED) is 0.221. The van der Waals surface area contributed by atoms with Crippen molar-refractivity contribution in [1.82, 2.24) is 10.2 Å². The molecule has 2 amide bonds. The molecule has 2 aliphatic rings. The molecule has 1 aromatic carbocycles. The normalized spacial score (nSPS) is 22.1. The van der Waals surface area contributed by atoms with Crippen molar-refractivity contribution in [3.63, 3.8) is 0 Å². The van der Waals surface area contributed by atoms with Gasteiger partial charge in [0.1, 0.15) is 12.2 Å². The van der Waals surface area contributed by atoms with E-state index in [2.05, 4.69) is 5.32 Å². The molecular formula is C28H40N2O8. The number of nitrogens with one attached hydrogen (secondary N) is 1. The Kier molecular flexibility index (Phi) is 10.7. The minimum Gasteiger partial charge on any atom is -0.493 e. The summed E-state index contributed by atoms with van der Waals surface area (Å²) in [4.78, 5) is 28.1. The van der Waals surface area contributed by atoms with Crippen molar-refractivity contribution in [3.8, 4) is 11.5 Å². The number of benzene rings is 1. The molecule has 0 saturated heterocycles. The Morgan fingerprint density at radius 2 is 2.03 bits per heavy atom. The average Bonchev–Trinajstić information content (AvgIpc) is 3.30. The molecular weight excluding hydrogens is 492 g/mol. The van der Waals surface area contributed by atoms with Crippen LogP contribution in [0.4, 0.5) is 0 Å². The van der Waals surface area contributed by atoms with Gasteiger partial charge < -0.3 is 39.7 Å². The summed E-state index contributed by atoms with van der Waals surface area (Å²) in [7, 11) is 1.48. The first-order valence-corrected chi connectivity index (χ1v) is 13.1. The number of allylic oxidation sites excluding steroid dienone is 1. The van der Waals surface area contributed by atoms with Crippen molar-refractivity contribution < 1.29 is 39.1 Å². The van der Waals surface area contributed by atoms with E-state index in [0.29, 0.717) is 54.2 Å². The van der Waals surface area contributed by atoms with E-state index < -0.39 is 30.1 Å². The highest BCUT2D eigenvalue weighted by atomic mass is 16.5. The van der Waals surface area contributed by atoms with Crippen molar-refractivity contribution >= 4 is 11.8 Å². The van der Waals surface area contributed by atoms with Crippen LogP contribution in [0.5, 0.6) is 11.5 Å². The van der Waals surface area contributed by atoms with Gasteiger partial charge in [-0.25, -0.2) is 0 Å². The minimum absolute atomic E-state index is 0.0446. The number of carbonyl (C=O) groups excluding carboxylic acids is 2. The van der Waals surface area contributed by atoms with Crippen molar-refractivity contribution in [1.29, 1.82) is 0 Å². The lowest BCUT2D eigenvalue weighted by Crippen LogP contribution is -2.55. The number of fused-ring (bicyclic) bond motifs is 3. The molecule has 0 radical (unpaired) electrons. The highest BCUT2D eigenvalue weighted by molar-refractivity contribution is 5.96. The van der Waals surface area contributed by atoms with E-state index in [-0.39, 0.29) is 31.8 Å². The van der Waals surface area contributed by atoms with Crippen LogP contribution >= 0.6 is 0 Å². The van der Waals surface area contributed by atoms with E-state index in [1.165, 1.54) is 13.2 Å². The second-order valence-corrected chi connectivity index (χ2v) is 9.63. The Balaban J connectivity index is 2.06. The lowest BCUT2D eigenvalue weighted by atomic mass is 9.77. The highest BCUT2D eigenvalue weighted by Gasteiger charge is 2.51. The number of nitrogens with zero attached hydrogens (tertiary/aromatic N) is 1. The fraction of sp³-hybridized carbons (Fsp3) is 0.571. The number of aliphatic hydroxyl groups excluding tert-OH is 3. The Morgan fingerprint density at radius 1 is 1.26 bits per heavy atom. The predicted octanol–water partition coefficient (Wildman–Crippen LogP) is 1.42. The first-order valence-electron chi connectivity index (χ1n) is 13.1. The molecule has 0 aromatic heterocycles. The Bertz CT molecular complexity index is 1040. The van der Waals surface area contributed by atoms with E-state index in [1.807, 2.05) is 20.8 Å². The minimum atomic E-state index is -1.16. The molecule has 210 valence electrons. The van der Waals surface area contributed by atoms with Crippen molar-refractivity contribution in [3.05, 3.63) is 47.1 Å². The average molecular weight is 533 g/mol. The number of amides is 2. The first-order chi connectivity index (χ1) is 18.3. The van der Waals surface area contributed by atoms with Crippen LogP contribution in [0.2, 0.25) is 0 Å². The molecule has 1 heterocycles. The summed E-state index contributed by atoms with van der Waals surface area (Å²) in [5.74, 6) is -0.627. The van der Waals surface area contributed by atoms with Gasteiger partial charge in [0.15, 0.2) is 11.5 Å². The van der Waals surface area contributed by atoms with Crippen molar-refractivity contribution in [2.75, 3.05) is 33.4 Å². The summed E-state index contributed by atoms with van der Waals surface area (Å²) in [5.41, 5.74) is 1.49. The van der Waals surface area contributed by atoms with Crippen LogP contribution in [0.3, 0.4) is 0 Å². The van der Waals surface area contributed by atoms with Crippen LogP contribution in [-0.4, -0.2) is 89.8 Å². The van der Waals surface area contributed by atoms with Crippen molar-refractivity contribution in [2.24, 2.45) is 0 Å². The lowest BCUT2D eigenvalue weighted by molar-refractivity contribution is -0.132. The third-order valence-electron chi connectivity index (χ3n) is 6.63. The van der Waals surface area contributed by atoms with Gasteiger partial charge in [0.05, 0.1) is 38.4 Å². The summed E-state index contributed by atoms with van der Waals surface area (Å²) >= 11 is 0. The zero-order chi connectivity index (χ0) is 27.8. The smallest absolute Gasteiger partial charge is 0.247 e. The summed E-state index contributed by atoms with van der Waals surface area (Å²) in [6.45, 7) is 6.08. The van der Waals surface area contributed by atoms with Gasteiger partial charge >= 0.3 is 0 Å². The maximum Gasteiger partial charge on any atom is 0.247 e. The zero-order valence-electron chi connectivity index (χ0n) is 22.6. The second-order valence-electron chi connectivity index (χ2n) is 9.63. The van der Waals surface area contributed by atoms with Gasteiger partial charge in [-0.05, 0) is 56.5 Å². The topological polar surface area (TPSA) is 138 Å². The zero-order valence-corrected chi connectivity index (χ0v) is 22.6.